The molecule has 0 amide bonds. The second-order valence-corrected chi connectivity index (χ2v) is 6.70. The number of hydrogen-bond donors (Lipinski definition) is 1. The lowest BCUT2D eigenvalue weighted by atomic mass is 10.1. The molecule has 0 bridgehead atoms. The molecule has 21 heavy (non-hydrogen) atoms. The summed E-state index contributed by atoms with van der Waals surface area (Å²) in [5, 5.41) is 9.17. The summed E-state index contributed by atoms with van der Waals surface area (Å²) >= 11 is 0. The van der Waals surface area contributed by atoms with Gasteiger partial charge in [-0.2, -0.15) is 5.10 Å². The van der Waals surface area contributed by atoms with Crippen LogP contribution < -0.4 is 5.14 Å². The second-order valence-electron chi connectivity index (χ2n) is 5.22. The van der Waals surface area contributed by atoms with Crippen LogP contribution in [0.3, 0.4) is 0 Å². The zero-order chi connectivity index (χ0) is 15.5. The molecule has 2 N–H and O–H groups in total. The first kappa shape index (κ1) is 16.0. The highest BCUT2D eigenvalue weighted by atomic mass is 32.2. The number of primary sulfonamides is 1. The molecule has 0 unspecified atom stereocenters. The SMILES string of the molecule is CCOC(=O)c1cnn(C2CCCCCC2)c1S(N)(=O)=O. The zero-order valence-corrected chi connectivity index (χ0v) is 12.9. The van der Waals surface area contributed by atoms with Crippen molar-refractivity contribution in [2.75, 3.05) is 6.61 Å². The van der Waals surface area contributed by atoms with Gasteiger partial charge in [0.25, 0.3) is 10.0 Å². The molecule has 2 rings (SSSR count). The number of aromatic nitrogens is 2. The van der Waals surface area contributed by atoms with E-state index in [0.29, 0.717) is 0 Å². The summed E-state index contributed by atoms with van der Waals surface area (Å²) in [5.74, 6) is -0.707. The van der Waals surface area contributed by atoms with Gasteiger partial charge in [-0.25, -0.2) is 23.0 Å². The van der Waals surface area contributed by atoms with Crippen LogP contribution in [0.2, 0.25) is 0 Å². The molecule has 8 heteroatoms. The Morgan fingerprint density at radius 2 is 2.00 bits per heavy atom. The van der Waals surface area contributed by atoms with Gasteiger partial charge >= 0.3 is 5.97 Å². The minimum Gasteiger partial charge on any atom is -0.462 e. The number of carbonyl (C=O) groups excluding carboxylic acids is 1. The summed E-state index contributed by atoms with van der Waals surface area (Å²) in [6.07, 6.45) is 7.22. The Kier molecular flexibility index (Phi) is 5.00. The molecule has 1 aliphatic rings. The van der Waals surface area contributed by atoms with Crippen molar-refractivity contribution in [1.82, 2.24) is 9.78 Å². The highest BCUT2D eigenvalue weighted by Crippen LogP contribution is 2.30. The Morgan fingerprint density at radius 1 is 1.38 bits per heavy atom. The molecule has 0 spiro atoms. The molecule has 1 fully saturated rings. The van der Waals surface area contributed by atoms with Crippen LogP contribution in [0.1, 0.15) is 61.8 Å². The summed E-state index contributed by atoms with van der Waals surface area (Å²) in [6.45, 7) is 1.82. The number of esters is 1. The van der Waals surface area contributed by atoms with Gasteiger partial charge in [-0.05, 0) is 19.8 Å². The van der Waals surface area contributed by atoms with Crippen LogP contribution in [0.15, 0.2) is 11.2 Å². The van der Waals surface area contributed by atoms with E-state index in [1.54, 1.807) is 6.92 Å². The van der Waals surface area contributed by atoms with Gasteiger partial charge in [-0.15, -0.1) is 0 Å². The van der Waals surface area contributed by atoms with Gasteiger partial charge in [0.05, 0.1) is 18.8 Å². The maximum atomic E-state index is 11.9. The molecule has 0 radical (unpaired) electrons. The van der Waals surface area contributed by atoms with Crippen molar-refractivity contribution in [1.29, 1.82) is 0 Å². The van der Waals surface area contributed by atoms with Crippen molar-refractivity contribution in [2.24, 2.45) is 5.14 Å². The Bertz CT molecular complexity index is 601. The van der Waals surface area contributed by atoms with E-state index in [2.05, 4.69) is 5.10 Å². The van der Waals surface area contributed by atoms with Crippen molar-refractivity contribution in [3.63, 3.8) is 0 Å². The summed E-state index contributed by atoms with van der Waals surface area (Å²) in [4.78, 5) is 11.9. The summed E-state index contributed by atoms with van der Waals surface area (Å²) in [7, 11) is -4.05. The van der Waals surface area contributed by atoms with Gasteiger partial charge in [0.15, 0.2) is 5.03 Å². The minimum atomic E-state index is -4.05. The van der Waals surface area contributed by atoms with E-state index in [1.807, 2.05) is 0 Å². The van der Waals surface area contributed by atoms with Crippen molar-refractivity contribution in [3.8, 4) is 0 Å². The molecule has 118 valence electrons. The van der Waals surface area contributed by atoms with Crippen molar-refractivity contribution in [3.05, 3.63) is 11.8 Å². The first-order chi connectivity index (χ1) is 9.95. The second kappa shape index (κ2) is 6.57. The van der Waals surface area contributed by atoms with Crippen LogP contribution in [-0.2, 0) is 14.8 Å². The number of rotatable bonds is 4. The van der Waals surface area contributed by atoms with Crippen LogP contribution >= 0.6 is 0 Å². The lowest BCUT2D eigenvalue weighted by Crippen LogP contribution is -2.24. The van der Waals surface area contributed by atoms with Crippen LogP contribution in [0, 0.1) is 0 Å². The third-order valence-electron chi connectivity index (χ3n) is 3.69. The normalized spacial score (nSPS) is 17.4. The molecular weight excluding hydrogens is 294 g/mol. The molecular formula is C13H21N3O4S. The van der Waals surface area contributed by atoms with E-state index in [1.165, 1.54) is 10.9 Å². The average Bonchev–Trinajstić information content (AvgIpc) is 2.69. The molecule has 1 aromatic heterocycles. The first-order valence-electron chi connectivity index (χ1n) is 7.22. The van der Waals surface area contributed by atoms with Crippen LogP contribution in [-0.4, -0.2) is 30.8 Å². The number of sulfonamides is 1. The van der Waals surface area contributed by atoms with Gasteiger partial charge in [-0.3, -0.25) is 0 Å². The number of nitrogens with zero attached hydrogens (tertiary/aromatic N) is 2. The first-order valence-corrected chi connectivity index (χ1v) is 8.77. The van der Waals surface area contributed by atoms with Gasteiger partial charge in [-0.1, -0.05) is 25.7 Å². The van der Waals surface area contributed by atoms with E-state index < -0.39 is 16.0 Å². The third-order valence-corrected chi connectivity index (χ3v) is 4.63. The van der Waals surface area contributed by atoms with Crippen molar-refractivity contribution in [2.45, 2.75) is 56.5 Å². The predicted molar refractivity (Wildman–Crippen MR) is 76.3 cm³/mol. The molecule has 1 aliphatic carbocycles. The smallest absolute Gasteiger partial charge is 0.342 e. The summed E-state index contributed by atoms with van der Waals surface area (Å²) in [5.41, 5.74) is -0.0800. The largest absolute Gasteiger partial charge is 0.462 e. The fourth-order valence-corrected chi connectivity index (χ4v) is 3.65. The Hall–Kier alpha value is -1.41. The van der Waals surface area contributed by atoms with Gasteiger partial charge in [0.2, 0.25) is 0 Å². The lowest BCUT2D eigenvalue weighted by molar-refractivity contribution is 0.0521. The highest BCUT2D eigenvalue weighted by Gasteiger charge is 2.30. The van der Waals surface area contributed by atoms with Crippen LogP contribution in [0.25, 0.3) is 0 Å². The standard InChI is InChI=1S/C13H21N3O4S/c1-2-20-13(17)11-9-15-16(12(11)21(14,18)19)10-7-5-3-4-6-8-10/h9-10H,2-8H2,1H3,(H2,14,18,19). The topological polar surface area (TPSA) is 104 Å². The monoisotopic (exact) mass is 315 g/mol. The predicted octanol–water partition coefficient (Wildman–Crippen LogP) is 1.60. The minimum absolute atomic E-state index is 0.0380. The molecule has 1 saturated carbocycles. The summed E-state index contributed by atoms with van der Waals surface area (Å²) in [6, 6.07) is -0.0380. The van der Waals surface area contributed by atoms with E-state index in [9.17, 15) is 13.2 Å². The molecule has 0 aliphatic heterocycles. The van der Waals surface area contributed by atoms with E-state index in [4.69, 9.17) is 9.88 Å². The third kappa shape index (κ3) is 3.62. The van der Waals surface area contributed by atoms with Gasteiger partial charge in [0, 0.05) is 0 Å². The number of hydrogen-bond acceptors (Lipinski definition) is 5. The van der Waals surface area contributed by atoms with Gasteiger partial charge < -0.3 is 4.74 Å². The molecule has 0 aromatic carbocycles. The highest BCUT2D eigenvalue weighted by molar-refractivity contribution is 7.89. The fourth-order valence-electron chi connectivity index (χ4n) is 2.75. The molecule has 7 nitrogen and oxygen atoms in total. The molecule has 1 aromatic rings. The Balaban J connectivity index is 2.44. The number of ether oxygens (including phenoxy) is 1. The Morgan fingerprint density at radius 3 is 2.52 bits per heavy atom. The van der Waals surface area contributed by atoms with Crippen LogP contribution in [0.5, 0.6) is 0 Å². The van der Waals surface area contributed by atoms with E-state index in [-0.39, 0.29) is 23.2 Å². The summed E-state index contributed by atoms with van der Waals surface area (Å²) < 4.78 is 30.0. The number of nitrogens with two attached hydrogens (primary N) is 1. The molecule has 0 atom stereocenters. The fraction of sp³-hybridized carbons (Fsp3) is 0.692. The molecule has 0 saturated heterocycles. The maximum Gasteiger partial charge on any atom is 0.342 e. The Labute approximate surface area is 124 Å². The number of carbonyl (C=O) groups is 1. The van der Waals surface area contributed by atoms with E-state index >= 15 is 0 Å². The van der Waals surface area contributed by atoms with Gasteiger partial charge in [0.1, 0.15) is 5.56 Å². The van der Waals surface area contributed by atoms with Crippen LogP contribution in [0.4, 0.5) is 0 Å². The maximum absolute atomic E-state index is 11.9. The van der Waals surface area contributed by atoms with Crippen molar-refractivity contribution >= 4 is 16.0 Å². The zero-order valence-electron chi connectivity index (χ0n) is 12.1. The van der Waals surface area contributed by atoms with Crippen molar-refractivity contribution < 1.29 is 17.9 Å². The average molecular weight is 315 g/mol. The lowest BCUT2D eigenvalue weighted by Gasteiger charge is -2.17. The molecule has 1 heterocycles. The quantitative estimate of drug-likeness (QED) is 0.671. The van der Waals surface area contributed by atoms with E-state index in [0.717, 1.165) is 38.5 Å².